The lowest BCUT2D eigenvalue weighted by Gasteiger charge is -2.12. The first kappa shape index (κ1) is 18.8. The van der Waals surface area contributed by atoms with E-state index in [9.17, 15) is 18.0 Å². The van der Waals surface area contributed by atoms with Crippen molar-refractivity contribution in [2.24, 2.45) is 14.1 Å². The fraction of sp³-hybridized carbons (Fsp3) is 0.211. The van der Waals surface area contributed by atoms with E-state index in [1.165, 1.54) is 16.7 Å². The fourth-order valence-corrected chi connectivity index (χ4v) is 3.20. The molecule has 10 heteroatoms. The number of ether oxygens (including phenoxy) is 1. The Morgan fingerprint density at radius 2 is 1.76 bits per heavy atom. The van der Waals surface area contributed by atoms with Crippen LogP contribution in [0.3, 0.4) is 0 Å². The van der Waals surface area contributed by atoms with Crippen molar-refractivity contribution < 1.29 is 17.9 Å². The molecular weight excluding hydrogens is 387 g/mol. The molecular formula is C19H16F3N5O2. The first-order valence-corrected chi connectivity index (χ1v) is 8.58. The lowest BCUT2D eigenvalue weighted by atomic mass is 10.1. The number of benzene rings is 1. The van der Waals surface area contributed by atoms with Gasteiger partial charge in [0.25, 0.3) is 5.56 Å². The van der Waals surface area contributed by atoms with Gasteiger partial charge in [-0.1, -0.05) is 0 Å². The van der Waals surface area contributed by atoms with Gasteiger partial charge in [0.1, 0.15) is 11.6 Å². The van der Waals surface area contributed by atoms with Crippen molar-refractivity contribution in [3.05, 3.63) is 59.0 Å². The van der Waals surface area contributed by atoms with Gasteiger partial charge in [0.05, 0.1) is 11.7 Å². The van der Waals surface area contributed by atoms with Crippen LogP contribution in [0.2, 0.25) is 0 Å². The van der Waals surface area contributed by atoms with Gasteiger partial charge >= 0.3 is 6.36 Å². The molecule has 7 nitrogen and oxygen atoms in total. The number of hydrogen-bond acceptors (Lipinski definition) is 4. The summed E-state index contributed by atoms with van der Waals surface area (Å²) in [5.41, 5.74) is 2.45. The Bertz CT molecular complexity index is 1270. The maximum Gasteiger partial charge on any atom is 0.573 e. The van der Waals surface area contributed by atoms with E-state index in [1.54, 1.807) is 31.0 Å². The van der Waals surface area contributed by atoms with Crippen LogP contribution in [0.4, 0.5) is 13.2 Å². The average Bonchev–Trinajstić information content (AvgIpc) is 3.20. The van der Waals surface area contributed by atoms with Crippen molar-refractivity contribution in [1.82, 2.24) is 23.9 Å². The van der Waals surface area contributed by atoms with Crippen LogP contribution < -0.4 is 10.3 Å². The average molecular weight is 403 g/mol. The Balaban J connectivity index is 1.92. The minimum absolute atomic E-state index is 0.266. The third kappa shape index (κ3) is 3.37. The summed E-state index contributed by atoms with van der Waals surface area (Å²) in [4.78, 5) is 17.4. The highest BCUT2D eigenvalue weighted by Gasteiger charge is 2.31. The van der Waals surface area contributed by atoms with Gasteiger partial charge in [-0.3, -0.25) is 14.0 Å². The van der Waals surface area contributed by atoms with Gasteiger partial charge in [0.2, 0.25) is 0 Å². The normalized spacial score (nSPS) is 11.9. The standard InChI is InChI=1S/C19H16F3N5O2/c1-11-24-16-17(26(11)3)15(12-8-23-25(2)9-12)10-27(18(16)28)13-4-6-14(7-5-13)29-19(20,21)22/h4-10H,1-3H3. The number of nitrogens with zero attached hydrogens (tertiary/aromatic N) is 5. The molecule has 0 saturated heterocycles. The monoisotopic (exact) mass is 403 g/mol. The summed E-state index contributed by atoms with van der Waals surface area (Å²) in [5, 5.41) is 4.18. The number of aromatic nitrogens is 5. The first-order valence-electron chi connectivity index (χ1n) is 8.58. The van der Waals surface area contributed by atoms with Crippen LogP contribution in [0.1, 0.15) is 5.82 Å². The third-order valence-electron chi connectivity index (χ3n) is 4.62. The summed E-state index contributed by atoms with van der Waals surface area (Å²) in [6.07, 6.45) is 0.344. The summed E-state index contributed by atoms with van der Waals surface area (Å²) < 4.78 is 45.9. The van der Waals surface area contributed by atoms with Crippen LogP contribution in [-0.4, -0.2) is 30.3 Å². The van der Waals surface area contributed by atoms with E-state index in [1.807, 2.05) is 17.8 Å². The number of halogens is 3. The molecule has 0 fully saturated rings. The second-order valence-corrected chi connectivity index (χ2v) is 6.58. The van der Waals surface area contributed by atoms with Crippen molar-refractivity contribution in [1.29, 1.82) is 0 Å². The van der Waals surface area contributed by atoms with Crippen molar-refractivity contribution in [2.75, 3.05) is 0 Å². The smallest absolute Gasteiger partial charge is 0.406 e. The molecule has 1 aromatic carbocycles. The number of aryl methyl sites for hydroxylation is 3. The summed E-state index contributed by atoms with van der Waals surface area (Å²) >= 11 is 0. The van der Waals surface area contributed by atoms with E-state index >= 15 is 0 Å². The molecule has 0 unspecified atom stereocenters. The highest BCUT2D eigenvalue weighted by molar-refractivity contribution is 5.91. The van der Waals surface area contributed by atoms with Crippen LogP contribution in [0.25, 0.3) is 27.8 Å². The van der Waals surface area contributed by atoms with E-state index in [2.05, 4.69) is 14.8 Å². The van der Waals surface area contributed by atoms with Crippen molar-refractivity contribution in [3.63, 3.8) is 0 Å². The summed E-state index contributed by atoms with van der Waals surface area (Å²) in [5.74, 6) is 0.297. The van der Waals surface area contributed by atoms with E-state index in [-0.39, 0.29) is 16.8 Å². The maximum absolute atomic E-state index is 13.1. The third-order valence-corrected chi connectivity index (χ3v) is 4.62. The highest BCUT2D eigenvalue weighted by atomic mass is 19.4. The molecule has 0 aliphatic carbocycles. The van der Waals surface area contributed by atoms with Gasteiger partial charge in [0, 0.05) is 43.3 Å². The molecule has 0 amide bonds. The van der Waals surface area contributed by atoms with Gasteiger partial charge in [-0.15, -0.1) is 13.2 Å². The van der Waals surface area contributed by atoms with Crippen LogP contribution in [0.15, 0.2) is 47.7 Å². The predicted octanol–water partition coefficient (Wildman–Crippen LogP) is 3.33. The number of pyridine rings is 1. The number of rotatable bonds is 3. The van der Waals surface area contributed by atoms with Gasteiger partial charge in [0.15, 0.2) is 5.52 Å². The van der Waals surface area contributed by atoms with Crippen LogP contribution in [0, 0.1) is 6.92 Å². The van der Waals surface area contributed by atoms with Gasteiger partial charge < -0.3 is 9.30 Å². The van der Waals surface area contributed by atoms with Gasteiger partial charge in [-0.05, 0) is 31.2 Å². The maximum atomic E-state index is 13.1. The van der Waals surface area contributed by atoms with Crippen molar-refractivity contribution in [3.8, 4) is 22.6 Å². The van der Waals surface area contributed by atoms with Crippen LogP contribution >= 0.6 is 0 Å². The van der Waals surface area contributed by atoms with E-state index < -0.39 is 6.36 Å². The number of alkyl halides is 3. The van der Waals surface area contributed by atoms with Gasteiger partial charge in [-0.25, -0.2) is 4.98 Å². The van der Waals surface area contributed by atoms with Crippen LogP contribution in [-0.2, 0) is 14.1 Å². The molecule has 0 saturated carbocycles. The Morgan fingerprint density at radius 1 is 1.07 bits per heavy atom. The lowest BCUT2D eigenvalue weighted by molar-refractivity contribution is -0.274. The number of hydrogen-bond donors (Lipinski definition) is 0. The zero-order valence-corrected chi connectivity index (χ0v) is 15.7. The molecule has 29 heavy (non-hydrogen) atoms. The zero-order valence-electron chi connectivity index (χ0n) is 15.7. The number of fused-ring (bicyclic) bond motifs is 1. The topological polar surface area (TPSA) is 66.9 Å². The molecule has 3 heterocycles. The van der Waals surface area contributed by atoms with E-state index in [0.29, 0.717) is 17.0 Å². The Hall–Kier alpha value is -3.56. The second-order valence-electron chi connectivity index (χ2n) is 6.58. The molecule has 0 bridgehead atoms. The number of imidazole rings is 1. The Kier molecular flexibility index (Phi) is 4.21. The van der Waals surface area contributed by atoms with Gasteiger partial charge in [-0.2, -0.15) is 5.10 Å². The van der Waals surface area contributed by atoms with Crippen LogP contribution in [0.5, 0.6) is 5.75 Å². The predicted molar refractivity (Wildman–Crippen MR) is 99.9 cm³/mol. The minimum Gasteiger partial charge on any atom is -0.406 e. The molecule has 150 valence electrons. The van der Waals surface area contributed by atoms with E-state index in [4.69, 9.17) is 0 Å². The molecule has 0 radical (unpaired) electrons. The Morgan fingerprint density at radius 3 is 2.34 bits per heavy atom. The molecule has 3 aromatic heterocycles. The summed E-state index contributed by atoms with van der Waals surface area (Å²) in [6.45, 7) is 1.79. The molecule has 0 spiro atoms. The molecule has 0 aliphatic heterocycles. The van der Waals surface area contributed by atoms with E-state index in [0.717, 1.165) is 23.3 Å². The first-order chi connectivity index (χ1) is 13.6. The minimum atomic E-state index is -4.78. The van der Waals surface area contributed by atoms with Crippen molar-refractivity contribution in [2.45, 2.75) is 13.3 Å². The summed E-state index contributed by atoms with van der Waals surface area (Å²) in [7, 11) is 3.60. The second kappa shape index (κ2) is 6.50. The molecule has 0 N–H and O–H groups in total. The highest BCUT2D eigenvalue weighted by Crippen LogP contribution is 2.28. The molecule has 0 atom stereocenters. The van der Waals surface area contributed by atoms with Crippen molar-refractivity contribution >= 4 is 11.0 Å². The molecule has 4 aromatic rings. The molecule has 4 rings (SSSR count). The lowest BCUT2D eigenvalue weighted by Crippen LogP contribution is -2.19. The largest absolute Gasteiger partial charge is 0.573 e. The Labute approximate surface area is 162 Å². The fourth-order valence-electron chi connectivity index (χ4n) is 3.20. The molecule has 0 aliphatic rings. The zero-order chi connectivity index (χ0) is 20.9. The SMILES string of the molecule is Cc1nc2c(=O)n(-c3ccc(OC(F)(F)F)cc3)cc(-c3cnn(C)c3)c2n1C. The quantitative estimate of drug-likeness (QED) is 0.526. The summed E-state index contributed by atoms with van der Waals surface area (Å²) in [6, 6.07) is 5.09.